The maximum absolute atomic E-state index is 11.6. The van der Waals surface area contributed by atoms with Gasteiger partial charge in [0.05, 0.1) is 19.1 Å². The Labute approximate surface area is 115 Å². The minimum atomic E-state index is -3.64. The average molecular weight is 284 g/mol. The van der Waals surface area contributed by atoms with Crippen LogP contribution in [0.15, 0.2) is 29.7 Å². The lowest BCUT2D eigenvalue weighted by molar-refractivity contribution is 0.206. The van der Waals surface area contributed by atoms with Crippen molar-refractivity contribution in [1.29, 1.82) is 0 Å². The lowest BCUT2D eigenvalue weighted by atomic mass is 9.99. The summed E-state index contributed by atoms with van der Waals surface area (Å²) in [6.45, 7) is 5.89. The summed E-state index contributed by atoms with van der Waals surface area (Å²) in [6, 6.07) is 7.08. The van der Waals surface area contributed by atoms with E-state index in [2.05, 4.69) is 0 Å². The summed E-state index contributed by atoms with van der Waals surface area (Å²) in [7, 11) is -2.06. The van der Waals surface area contributed by atoms with E-state index in [9.17, 15) is 8.42 Å². The Morgan fingerprint density at radius 3 is 2.21 bits per heavy atom. The number of hydrogen-bond donors (Lipinski definition) is 0. The highest BCUT2D eigenvalue weighted by Crippen LogP contribution is 2.16. The molecule has 0 aliphatic carbocycles. The van der Waals surface area contributed by atoms with Crippen molar-refractivity contribution in [1.82, 2.24) is 0 Å². The molecule has 0 bridgehead atoms. The molecule has 0 heterocycles. The molecule has 0 fully saturated rings. The van der Waals surface area contributed by atoms with Crippen LogP contribution in [-0.2, 0) is 14.3 Å². The number of hydrogen-bond acceptors (Lipinski definition) is 4. The van der Waals surface area contributed by atoms with E-state index in [4.69, 9.17) is 8.92 Å². The summed E-state index contributed by atoms with van der Waals surface area (Å²) in [5.74, 6) is 0.726. The van der Waals surface area contributed by atoms with Gasteiger partial charge in [0.25, 0.3) is 10.1 Å². The minimum Gasteiger partial charge on any atom is -0.497 e. The summed E-state index contributed by atoms with van der Waals surface area (Å²) in [6.07, 6.45) is 1.50. The zero-order chi connectivity index (χ0) is 14.5. The first-order valence-electron chi connectivity index (χ1n) is 5.93. The SMILES string of the molecule is COc1ccc(/C=C/S(=O)(=O)OCC(C)(C)C)cc1. The van der Waals surface area contributed by atoms with Crippen LogP contribution in [0.5, 0.6) is 5.75 Å². The first-order valence-corrected chi connectivity index (χ1v) is 7.41. The van der Waals surface area contributed by atoms with Gasteiger partial charge < -0.3 is 4.74 Å². The second-order valence-corrected chi connectivity index (χ2v) is 6.89. The number of rotatable bonds is 5. The van der Waals surface area contributed by atoms with Gasteiger partial charge in [0.1, 0.15) is 5.75 Å². The van der Waals surface area contributed by atoms with E-state index in [-0.39, 0.29) is 12.0 Å². The molecule has 1 aromatic carbocycles. The number of ether oxygens (including phenoxy) is 1. The molecule has 19 heavy (non-hydrogen) atoms. The third-order valence-electron chi connectivity index (χ3n) is 2.20. The van der Waals surface area contributed by atoms with E-state index < -0.39 is 10.1 Å². The molecule has 0 amide bonds. The second kappa shape index (κ2) is 6.21. The molecule has 4 nitrogen and oxygen atoms in total. The average Bonchev–Trinajstić information content (AvgIpc) is 2.34. The fourth-order valence-electron chi connectivity index (χ4n) is 1.18. The van der Waals surface area contributed by atoms with Gasteiger partial charge in [0, 0.05) is 0 Å². The summed E-state index contributed by atoms with van der Waals surface area (Å²) in [5, 5.41) is 1.07. The van der Waals surface area contributed by atoms with E-state index in [1.165, 1.54) is 6.08 Å². The van der Waals surface area contributed by atoms with Crippen LogP contribution >= 0.6 is 0 Å². The molecule has 106 valence electrons. The smallest absolute Gasteiger partial charge is 0.290 e. The van der Waals surface area contributed by atoms with Crippen LogP contribution in [0.3, 0.4) is 0 Å². The maximum atomic E-state index is 11.6. The van der Waals surface area contributed by atoms with Gasteiger partial charge in [-0.1, -0.05) is 32.9 Å². The van der Waals surface area contributed by atoms with Crippen LogP contribution in [0.25, 0.3) is 6.08 Å². The first-order chi connectivity index (χ1) is 8.72. The summed E-state index contributed by atoms with van der Waals surface area (Å²) in [5.41, 5.74) is 0.574. The molecule has 0 aliphatic rings. The van der Waals surface area contributed by atoms with Crippen molar-refractivity contribution in [2.24, 2.45) is 5.41 Å². The molecular formula is C14H20O4S. The van der Waals surface area contributed by atoms with E-state index in [0.29, 0.717) is 0 Å². The Kier molecular flexibility index (Phi) is 5.14. The normalized spacial score (nSPS) is 12.8. The van der Waals surface area contributed by atoms with E-state index >= 15 is 0 Å². The third-order valence-corrected chi connectivity index (χ3v) is 3.11. The van der Waals surface area contributed by atoms with Crippen molar-refractivity contribution in [3.63, 3.8) is 0 Å². The van der Waals surface area contributed by atoms with Gasteiger partial charge in [-0.3, -0.25) is 4.18 Å². The minimum absolute atomic E-state index is 0.155. The van der Waals surface area contributed by atoms with Gasteiger partial charge in [0.2, 0.25) is 0 Å². The van der Waals surface area contributed by atoms with Crippen LogP contribution in [0.4, 0.5) is 0 Å². The summed E-state index contributed by atoms with van der Waals surface area (Å²) >= 11 is 0. The largest absolute Gasteiger partial charge is 0.497 e. The van der Waals surface area contributed by atoms with Gasteiger partial charge >= 0.3 is 0 Å². The third kappa shape index (κ3) is 6.40. The van der Waals surface area contributed by atoms with Crippen molar-refractivity contribution >= 4 is 16.2 Å². The lowest BCUT2D eigenvalue weighted by Crippen LogP contribution is -2.17. The van der Waals surface area contributed by atoms with Gasteiger partial charge in [-0.2, -0.15) is 8.42 Å². The molecule has 0 aliphatic heterocycles. The first kappa shape index (κ1) is 15.7. The van der Waals surface area contributed by atoms with Crippen molar-refractivity contribution in [2.45, 2.75) is 20.8 Å². The van der Waals surface area contributed by atoms with Crippen molar-refractivity contribution in [3.05, 3.63) is 35.2 Å². The molecule has 0 spiro atoms. The van der Waals surface area contributed by atoms with Gasteiger partial charge in [0.15, 0.2) is 0 Å². The lowest BCUT2D eigenvalue weighted by Gasteiger charge is -2.16. The van der Waals surface area contributed by atoms with Crippen LogP contribution in [0, 0.1) is 5.41 Å². The number of benzene rings is 1. The zero-order valence-corrected chi connectivity index (χ0v) is 12.5. The van der Waals surface area contributed by atoms with Crippen LogP contribution in [-0.4, -0.2) is 22.1 Å². The van der Waals surface area contributed by atoms with Crippen LogP contribution in [0.2, 0.25) is 0 Å². The topological polar surface area (TPSA) is 52.6 Å². The van der Waals surface area contributed by atoms with Crippen LogP contribution in [0.1, 0.15) is 26.3 Å². The molecule has 0 N–H and O–H groups in total. The fraction of sp³-hybridized carbons (Fsp3) is 0.429. The van der Waals surface area contributed by atoms with E-state index in [0.717, 1.165) is 16.7 Å². The quantitative estimate of drug-likeness (QED) is 0.780. The Balaban J connectivity index is 2.68. The van der Waals surface area contributed by atoms with Gasteiger partial charge in [-0.25, -0.2) is 0 Å². The predicted molar refractivity (Wildman–Crippen MR) is 76.4 cm³/mol. The Hall–Kier alpha value is -1.33. The summed E-state index contributed by atoms with van der Waals surface area (Å²) < 4.78 is 33.2. The molecule has 0 atom stereocenters. The summed E-state index contributed by atoms with van der Waals surface area (Å²) in [4.78, 5) is 0. The molecule has 0 unspecified atom stereocenters. The highest BCUT2D eigenvalue weighted by atomic mass is 32.2. The van der Waals surface area contributed by atoms with Crippen molar-refractivity contribution in [2.75, 3.05) is 13.7 Å². The van der Waals surface area contributed by atoms with Gasteiger partial charge in [-0.05, 0) is 29.2 Å². The molecule has 0 radical (unpaired) electrons. The monoisotopic (exact) mass is 284 g/mol. The predicted octanol–water partition coefficient (Wildman–Crippen LogP) is 3.06. The van der Waals surface area contributed by atoms with E-state index in [1.54, 1.807) is 31.4 Å². The Morgan fingerprint density at radius 1 is 1.16 bits per heavy atom. The number of methoxy groups -OCH3 is 1. The highest BCUT2D eigenvalue weighted by Gasteiger charge is 2.15. The standard InChI is InChI=1S/C14H20O4S/c1-14(2,3)11-18-19(15,16)10-9-12-5-7-13(17-4)8-6-12/h5-10H,11H2,1-4H3/b10-9+. The second-order valence-electron chi connectivity index (χ2n) is 5.39. The fourth-order valence-corrected chi connectivity index (χ4v) is 2.10. The van der Waals surface area contributed by atoms with Gasteiger partial charge in [-0.15, -0.1) is 0 Å². The zero-order valence-electron chi connectivity index (χ0n) is 11.7. The molecule has 0 saturated heterocycles. The molecule has 1 rings (SSSR count). The molecule has 1 aromatic rings. The Morgan fingerprint density at radius 2 is 1.74 bits per heavy atom. The highest BCUT2D eigenvalue weighted by molar-refractivity contribution is 7.89. The van der Waals surface area contributed by atoms with Crippen molar-refractivity contribution < 1.29 is 17.3 Å². The molecule has 5 heteroatoms. The maximum Gasteiger partial charge on any atom is 0.290 e. The van der Waals surface area contributed by atoms with Crippen molar-refractivity contribution in [3.8, 4) is 5.75 Å². The van der Waals surface area contributed by atoms with Crippen LogP contribution < -0.4 is 4.74 Å². The van der Waals surface area contributed by atoms with E-state index in [1.807, 2.05) is 20.8 Å². The molecular weight excluding hydrogens is 264 g/mol. The molecule has 0 saturated carbocycles. The Bertz CT molecular complexity index is 522. The molecule has 0 aromatic heterocycles.